The summed E-state index contributed by atoms with van der Waals surface area (Å²) in [5.41, 5.74) is 3.72. The Morgan fingerprint density at radius 2 is 1.52 bits per heavy atom. The van der Waals surface area contributed by atoms with Gasteiger partial charge in [-0.15, -0.1) is 0 Å². The van der Waals surface area contributed by atoms with Gasteiger partial charge in [0.2, 0.25) is 0 Å². The Balaban J connectivity index is 1.27. The highest BCUT2D eigenvalue weighted by Gasteiger charge is 2.47. The summed E-state index contributed by atoms with van der Waals surface area (Å²) in [7, 11) is 1.70. The lowest BCUT2D eigenvalue weighted by Crippen LogP contribution is -2.55. The van der Waals surface area contributed by atoms with Crippen LogP contribution in [0.15, 0.2) is 97.1 Å². The number of phenols is 1. The van der Waals surface area contributed by atoms with Crippen LogP contribution in [0.5, 0.6) is 5.75 Å². The second-order valence-corrected chi connectivity index (χ2v) is 12.4. The number of hydrogen-bond acceptors (Lipinski definition) is 8. The van der Waals surface area contributed by atoms with E-state index in [9.17, 15) is 39.8 Å². The number of amides is 2. The molecule has 8 atom stereocenters. The predicted octanol–water partition coefficient (Wildman–Crippen LogP) is 4.21. The molecule has 2 fully saturated rings. The van der Waals surface area contributed by atoms with Gasteiger partial charge in [0.05, 0.1) is 24.8 Å². The number of carbonyl (C=O) groups is 1. The van der Waals surface area contributed by atoms with Gasteiger partial charge in [-0.05, 0) is 65.4 Å². The van der Waals surface area contributed by atoms with Crippen LogP contribution < -0.4 is 4.90 Å². The van der Waals surface area contributed by atoms with Gasteiger partial charge in [0.15, 0.2) is 0 Å². The minimum Gasteiger partial charge on any atom is -0.508 e. The van der Waals surface area contributed by atoms with Crippen LogP contribution in [-0.4, -0.2) is 85.7 Å². The van der Waals surface area contributed by atoms with Crippen molar-refractivity contribution in [1.29, 1.82) is 0 Å². The largest absolute Gasteiger partial charge is 0.508 e. The fraction of sp³-hybridized carbons (Fsp3) is 0.324. The van der Waals surface area contributed by atoms with Crippen molar-refractivity contribution in [3.8, 4) is 16.9 Å². The van der Waals surface area contributed by atoms with Gasteiger partial charge < -0.3 is 40.3 Å². The topological polar surface area (TPSA) is 154 Å². The average molecular weight is 659 g/mol. The van der Waals surface area contributed by atoms with Crippen molar-refractivity contribution in [3.05, 3.63) is 120 Å². The molecule has 252 valence electrons. The number of ether oxygens (including phenoxy) is 1. The van der Waals surface area contributed by atoms with Crippen molar-refractivity contribution in [2.24, 2.45) is 0 Å². The number of aliphatic hydroxyl groups is 5. The number of benzene rings is 4. The first kappa shape index (κ1) is 33.5. The van der Waals surface area contributed by atoms with Crippen LogP contribution in [0.25, 0.3) is 11.1 Å². The van der Waals surface area contributed by atoms with E-state index in [1.165, 1.54) is 24.3 Å². The van der Waals surface area contributed by atoms with Gasteiger partial charge in [-0.1, -0.05) is 66.7 Å². The van der Waals surface area contributed by atoms with Crippen molar-refractivity contribution >= 4 is 11.7 Å². The molecule has 2 amide bonds. The number of para-hydroxylation sites is 1. The van der Waals surface area contributed by atoms with E-state index in [1.807, 2.05) is 36.4 Å². The molecule has 6 rings (SSSR count). The number of nitrogens with zero attached hydrogens (tertiary/aromatic N) is 2. The van der Waals surface area contributed by atoms with E-state index in [0.29, 0.717) is 40.8 Å². The van der Waals surface area contributed by atoms with Crippen molar-refractivity contribution in [2.45, 2.75) is 61.5 Å². The SMILES string of the molecule is CN1C(=O)N(c2ccccc2)[C@H](c2ccc(-c3ccc([C@@H]4O[C@H](CO)[C@@H](O)[C@H](O)[C@H]4O)cc3)cc2O)[C@@H]1CCC(O)c1ccc(F)cc1. The lowest BCUT2D eigenvalue weighted by Gasteiger charge is -2.40. The van der Waals surface area contributed by atoms with Gasteiger partial charge in [-0.3, -0.25) is 4.90 Å². The van der Waals surface area contributed by atoms with E-state index in [2.05, 4.69) is 0 Å². The number of aromatic hydroxyl groups is 1. The third-order valence-electron chi connectivity index (χ3n) is 9.49. The highest BCUT2D eigenvalue weighted by Crippen LogP contribution is 2.44. The summed E-state index contributed by atoms with van der Waals surface area (Å²) in [5, 5.41) is 62.8. The van der Waals surface area contributed by atoms with Crippen LogP contribution in [0.3, 0.4) is 0 Å². The second-order valence-electron chi connectivity index (χ2n) is 12.4. The summed E-state index contributed by atoms with van der Waals surface area (Å²) in [5.74, 6) is -0.419. The third kappa shape index (κ3) is 6.40. The molecule has 0 aromatic heterocycles. The zero-order chi connectivity index (χ0) is 34.1. The van der Waals surface area contributed by atoms with Crippen molar-refractivity contribution in [2.75, 3.05) is 18.6 Å². The first-order valence-electron chi connectivity index (χ1n) is 15.9. The first-order chi connectivity index (χ1) is 23.1. The molecule has 6 N–H and O–H groups in total. The number of likely N-dealkylation sites (N-methyl/N-ethyl adjacent to an activating group) is 1. The number of carbonyl (C=O) groups excluding carboxylic acids is 1. The van der Waals surface area contributed by atoms with Crippen LogP contribution in [0.1, 0.15) is 47.8 Å². The summed E-state index contributed by atoms with van der Waals surface area (Å²) in [6.07, 6.45) is -6.51. The minimum atomic E-state index is -1.49. The monoisotopic (exact) mass is 658 g/mol. The standard InChI is InChI=1S/C37H39FN2O8/c1-39-28(17-18-29(42)22-11-14-25(38)15-12-22)32(40(37(39)47)26-5-3-2-4-6-26)27-16-13-24(19-30(27)43)21-7-9-23(10-8-21)36-35(46)34(45)33(44)31(20-41)48-36/h2-16,19,28-29,31-36,41-46H,17-18,20H2,1H3/t28-,29?,31+,32+,33+,34-,35+,36-/m0/s1. The molecule has 0 saturated carbocycles. The van der Waals surface area contributed by atoms with E-state index < -0.39 is 61.1 Å². The Morgan fingerprint density at radius 1 is 0.854 bits per heavy atom. The number of halogens is 1. The van der Waals surface area contributed by atoms with Crippen molar-refractivity contribution in [3.63, 3.8) is 0 Å². The normalized spacial score (nSPS) is 26.6. The van der Waals surface area contributed by atoms with Gasteiger partial charge in [-0.2, -0.15) is 0 Å². The number of rotatable bonds is 9. The number of hydrogen-bond donors (Lipinski definition) is 6. The van der Waals surface area contributed by atoms with Gasteiger partial charge in [0.25, 0.3) is 0 Å². The summed E-state index contributed by atoms with van der Waals surface area (Å²) in [6, 6.07) is 25.8. The Kier molecular flexibility index (Phi) is 9.79. The minimum absolute atomic E-state index is 0.0244. The lowest BCUT2D eigenvalue weighted by molar-refractivity contribution is -0.231. The van der Waals surface area contributed by atoms with Crippen LogP contribution >= 0.6 is 0 Å². The Morgan fingerprint density at radius 3 is 2.17 bits per heavy atom. The summed E-state index contributed by atoms with van der Waals surface area (Å²) in [6.45, 7) is -0.523. The summed E-state index contributed by atoms with van der Waals surface area (Å²) < 4.78 is 19.1. The predicted molar refractivity (Wildman–Crippen MR) is 175 cm³/mol. The maximum Gasteiger partial charge on any atom is 0.325 e. The van der Waals surface area contributed by atoms with Gasteiger partial charge >= 0.3 is 6.03 Å². The van der Waals surface area contributed by atoms with E-state index in [4.69, 9.17) is 4.74 Å². The second kappa shape index (κ2) is 14.0. The molecule has 2 aliphatic rings. The molecule has 4 aromatic rings. The quantitative estimate of drug-likeness (QED) is 0.156. The zero-order valence-electron chi connectivity index (χ0n) is 26.2. The molecule has 10 nitrogen and oxygen atoms in total. The number of phenolic OH excluding ortho intramolecular Hbond substituents is 1. The van der Waals surface area contributed by atoms with E-state index in [0.717, 1.165) is 5.56 Å². The molecule has 1 unspecified atom stereocenters. The van der Waals surface area contributed by atoms with E-state index >= 15 is 0 Å². The molecule has 4 aromatic carbocycles. The lowest BCUT2D eigenvalue weighted by atomic mass is 9.89. The first-order valence-corrected chi connectivity index (χ1v) is 15.9. The third-order valence-corrected chi connectivity index (χ3v) is 9.49. The van der Waals surface area contributed by atoms with E-state index in [1.54, 1.807) is 53.2 Å². The Labute approximate surface area is 277 Å². The van der Waals surface area contributed by atoms with Crippen molar-refractivity contribution < 1.29 is 44.6 Å². The number of anilines is 1. The summed E-state index contributed by atoms with van der Waals surface area (Å²) >= 11 is 0. The molecule has 11 heteroatoms. The maximum absolute atomic E-state index is 13.7. The Bertz CT molecular complexity index is 1710. The summed E-state index contributed by atoms with van der Waals surface area (Å²) in [4.78, 5) is 17.0. The van der Waals surface area contributed by atoms with Gasteiger partial charge in [0, 0.05) is 18.3 Å². The van der Waals surface area contributed by atoms with Crippen LogP contribution in [0.2, 0.25) is 0 Å². The number of urea groups is 1. The van der Waals surface area contributed by atoms with E-state index in [-0.39, 0.29) is 11.8 Å². The maximum atomic E-state index is 13.7. The smallest absolute Gasteiger partial charge is 0.325 e. The highest BCUT2D eigenvalue weighted by atomic mass is 19.1. The van der Waals surface area contributed by atoms with Gasteiger partial charge in [-0.25, -0.2) is 9.18 Å². The molecule has 0 spiro atoms. The molecule has 0 aliphatic carbocycles. The molecule has 0 bridgehead atoms. The molecule has 2 saturated heterocycles. The van der Waals surface area contributed by atoms with Crippen LogP contribution in [0, 0.1) is 5.82 Å². The average Bonchev–Trinajstić information content (AvgIpc) is 3.35. The molecule has 2 heterocycles. The zero-order valence-corrected chi connectivity index (χ0v) is 26.2. The Hall–Kier alpha value is -4.36. The molecular weight excluding hydrogens is 619 g/mol. The van der Waals surface area contributed by atoms with Crippen LogP contribution in [0.4, 0.5) is 14.9 Å². The van der Waals surface area contributed by atoms with Crippen molar-refractivity contribution in [1.82, 2.24) is 4.90 Å². The fourth-order valence-corrected chi connectivity index (χ4v) is 6.77. The van der Waals surface area contributed by atoms with Crippen LogP contribution in [-0.2, 0) is 4.74 Å². The van der Waals surface area contributed by atoms with Gasteiger partial charge in [0.1, 0.15) is 42.1 Å². The molecule has 0 radical (unpaired) electrons. The molecule has 48 heavy (non-hydrogen) atoms. The highest BCUT2D eigenvalue weighted by molar-refractivity contribution is 5.96. The molecule has 2 aliphatic heterocycles. The fourth-order valence-electron chi connectivity index (χ4n) is 6.77. The molecular formula is C37H39FN2O8. The number of aliphatic hydroxyl groups excluding tert-OH is 5.